The summed E-state index contributed by atoms with van der Waals surface area (Å²) in [6, 6.07) is 2.11. The normalized spacial score (nSPS) is 19.5. The third-order valence-corrected chi connectivity index (χ3v) is 6.09. The minimum absolute atomic E-state index is 0.0150. The van der Waals surface area contributed by atoms with Gasteiger partial charge in [-0.1, -0.05) is 35.7 Å². The van der Waals surface area contributed by atoms with Gasteiger partial charge in [-0.15, -0.1) is 11.6 Å². The number of halogens is 2. The molecule has 0 radical (unpaired) electrons. The fraction of sp³-hybridized carbons (Fsp3) is 0.625. The Bertz CT molecular complexity index is 478. The van der Waals surface area contributed by atoms with Crippen LogP contribution in [0, 0.1) is 19.3 Å². The number of methoxy groups -OCH3 is 1. The van der Waals surface area contributed by atoms with Crippen LogP contribution >= 0.6 is 27.5 Å². The van der Waals surface area contributed by atoms with Gasteiger partial charge < -0.3 is 4.74 Å². The topological polar surface area (TPSA) is 9.23 Å². The standard InChI is InChI=1S/C16H22BrClO/c1-10-9-12(17)11(2)13(14(10)19-4)15(18)16(3)7-5-6-8-16/h9,15H,5-8H2,1-4H3. The van der Waals surface area contributed by atoms with Gasteiger partial charge in [0.15, 0.2) is 0 Å². The fourth-order valence-corrected chi connectivity index (χ4v) is 4.27. The van der Waals surface area contributed by atoms with E-state index in [-0.39, 0.29) is 10.8 Å². The predicted octanol–water partition coefficient (Wildman–Crippen LogP) is 5.93. The molecule has 2 rings (SSSR count). The van der Waals surface area contributed by atoms with Crippen LogP contribution < -0.4 is 4.74 Å². The second-order valence-corrected chi connectivity index (χ2v) is 7.26. The highest BCUT2D eigenvalue weighted by Crippen LogP contribution is 2.54. The first-order valence-corrected chi connectivity index (χ1v) is 8.11. The maximum Gasteiger partial charge on any atom is 0.126 e. The molecule has 1 saturated carbocycles. The van der Waals surface area contributed by atoms with E-state index >= 15 is 0 Å². The number of hydrogen-bond acceptors (Lipinski definition) is 1. The number of ether oxygens (including phenoxy) is 1. The van der Waals surface area contributed by atoms with E-state index in [0.29, 0.717) is 0 Å². The molecule has 19 heavy (non-hydrogen) atoms. The first-order valence-electron chi connectivity index (χ1n) is 6.88. The zero-order valence-corrected chi connectivity index (χ0v) is 14.5. The van der Waals surface area contributed by atoms with Crippen LogP contribution in [0.15, 0.2) is 10.5 Å². The Kier molecular flexibility index (Phi) is 4.52. The van der Waals surface area contributed by atoms with Crippen molar-refractivity contribution in [1.82, 2.24) is 0 Å². The SMILES string of the molecule is COc1c(C)cc(Br)c(C)c1C(Cl)C1(C)CCCC1. The minimum atomic E-state index is 0.0150. The summed E-state index contributed by atoms with van der Waals surface area (Å²) in [5, 5.41) is 0.0150. The van der Waals surface area contributed by atoms with Crippen LogP contribution in [0.4, 0.5) is 0 Å². The van der Waals surface area contributed by atoms with Gasteiger partial charge in [0.2, 0.25) is 0 Å². The Labute approximate surface area is 129 Å². The molecule has 1 unspecified atom stereocenters. The largest absolute Gasteiger partial charge is 0.496 e. The molecule has 1 aromatic rings. The minimum Gasteiger partial charge on any atom is -0.496 e. The van der Waals surface area contributed by atoms with Crippen molar-refractivity contribution in [2.75, 3.05) is 7.11 Å². The molecule has 1 aliphatic rings. The maximum atomic E-state index is 6.89. The second kappa shape index (κ2) is 5.65. The highest BCUT2D eigenvalue weighted by molar-refractivity contribution is 9.10. The first kappa shape index (κ1) is 15.2. The molecule has 0 aliphatic heterocycles. The highest BCUT2D eigenvalue weighted by atomic mass is 79.9. The third-order valence-electron chi connectivity index (χ3n) is 4.52. The van der Waals surface area contributed by atoms with Crippen molar-refractivity contribution in [2.45, 2.75) is 51.8 Å². The van der Waals surface area contributed by atoms with Crippen LogP contribution in [0.3, 0.4) is 0 Å². The smallest absolute Gasteiger partial charge is 0.126 e. The number of hydrogen-bond donors (Lipinski definition) is 0. The lowest BCUT2D eigenvalue weighted by molar-refractivity contribution is 0.312. The van der Waals surface area contributed by atoms with E-state index < -0.39 is 0 Å². The van der Waals surface area contributed by atoms with Crippen molar-refractivity contribution in [3.63, 3.8) is 0 Å². The van der Waals surface area contributed by atoms with Crippen LogP contribution in [0.2, 0.25) is 0 Å². The van der Waals surface area contributed by atoms with Gasteiger partial charge >= 0.3 is 0 Å². The number of aryl methyl sites for hydroxylation is 1. The van der Waals surface area contributed by atoms with Gasteiger partial charge in [0, 0.05) is 10.0 Å². The maximum absolute atomic E-state index is 6.89. The molecular weight excluding hydrogens is 324 g/mol. The molecule has 1 fully saturated rings. The lowest BCUT2D eigenvalue weighted by atomic mass is 9.79. The summed E-state index contributed by atoms with van der Waals surface area (Å²) < 4.78 is 6.75. The molecule has 3 heteroatoms. The van der Waals surface area contributed by atoms with E-state index in [0.717, 1.165) is 15.8 Å². The Hall–Kier alpha value is -0.210. The van der Waals surface area contributed by atoms with Crippen LogP contribution in [-0.4, -0.2) is 7.11 Å². The summed E-state index contributed by atoms with van der Waals surface area (Å²) in [5.41, 5.74) is 3.70. The van der Waals surface area contributed by atoms with Gasteiger partial charge in [-0.3, -0.25) is 0 Å². The zero-order valence-electron chi connectivity index (χ0n) is 12.1. The molecule has 0 bridgehead atoms. The average Bonchev–Trinajstić information content (AvgIpc) is 2.81. The Morgan fingerprint density at radius 3 is 2.42 bits per heavy atom. The van der Waals surface area contributed by atoms with E-state index in [4.69, 9.17) is 16.3 Å². The number of benzene rings is 1. The summed E-state index contributed by atoms with van der Waals surface area (Å²) in [6.07, 6.45) is 4.98. The molecular formula is C16H22BrClO. The average molecular weight is 346 g/mol. The van der Waals surface area contributed by atoms with Gasteiger partial charge in [-0.05, 0) is 49.3 Å². The van der Waals surface area contributed by atoms with E-state index in [1.807, 2.05) is 0 Å². The van der Waals surface area contributed by atoms with Gasteiger partial charge in [0.05, 0.1) is 12.5 Å². The van der Waals surface area contributed by atoms with Crippen LogP contribution in [0.1, 0.15) is 54.7 Å². The molecule has 1 aromatic carbocycles. The first-order chi connectivity index (χ1) is 8.90. The van der Waals surface area contributed by atoms with E-state index in [9.17, 15) is 0 Å². The highest BCUT2D eigenvalue weighted by Gasteiger charge is 2.39. The molecule has 0 aromatic heterocycles. The zero-order chi connectivity index (χ0) is 14.2. The van der Waals surface area contributed by atoms with Crippen molar-refractivity contribution in [1.29, 1.82) is 0 Å². The third kappa shape index (κ3) is 2.67. The summed E-state index contributed by atoms with van der Waals surface area (Å²) >= 11 is 10.5. The van der Waals surface area contributed by atoms with E-state index in [1.54, 1.807) is 7.11 Å². The van der Waals surface area contributed by atoms with Gasteiger partial charge in [-0.2, -0.15) is 0 Å². The Balaban J connectivity index is 2.54. The Morgan fingerprint density at radius 1 is 1.32 bits per heavy atom. The van der Waals surface area contributed by atoms with E-state index in [1.165, 1.54) is 36.8 Å². The molecule has 1 aliphatic carbocycles. The molecule has 106 valence electrons. The molecule has 1 atom stereocenters. The van der Waals surface area contributed by atoms with Crippen LogP contribution in [0.5, 0.6) is 5.75 Å². The molecule has 0 heterocycles. The van der Waals surface area contributed by atoms with Gasteiger partial charge in [-0.25, -0.2) is 0 Å². The number of alkyl halides is 1. The molecule has 0 spiro atoms. The molecule has 0 saturated heterocycles. The van der Waals surface area contributed by atoms with Crippen LogP contribution in [0.25, 0.3) is 0 Å². The van der Waals surface area contributed by atoms with Gasteiger partial charge in [0.1, 0.15) is 5.75 Å². The quantitative estimate of drug-likeness (QED) is 0.616. The summed E-state index contributed by atoms with van der Waals surface area (Å²) in [5.74, 6) is 0.953. The monoisotopic (exact) mass is 344 g/mol. The summed E-state index contributed by atoms with van der Waals surface area (Å²) in [4.78, 5) is 0. The predicted molar refractivity (Wildman–Crippen MR) is 85.3 cm³/mol. The van der Waals surface area contributed by atoms with Crippen molar-refractivity contribution < 1.29 is 4.74 Å². The summed E-state index contributed by atoms with van der Waals surface area (Å²) in [7, 11) is 1.74. The van der Waals surface area contributed by atoms with E-state index in [2.05, 4.69) is 42.8 Å². The molecule has 0 amide bonds. The van der Waals surface area contributed by atoms with Crippen LogP contribution in [-0.2, 0) is 0 Å². The lowest BCUT2D eigenvalue weighted by Crippen LogP contribution is -2.20. The molecule has 1 nitrogen and oxygen atoms in total. The Morgan fingerprint density at radius 2 is 1.89 bits per heavy atom. The van der Waals surface area contributed by atoms with Crippen molar-refractivity contribution in [2.24, 2.45) is 5.41 Å². The summed E-state index contributed by atoms with van der Waals surface area (Å²) in [6.45, 7) is 6.51. The number of rotatable bonds is 3. The second-order valence-electron chi connectivity index (χ2n) is 5.97. The fourth-order valence-electron chi connectivity index (χ4n) is 3.24. The molecule has 0 N–H and O–H groups in total. The van der Waals surface area contributed by atoms with Crippen molar-refractivity contribution in [3.8, 4) is 5.75 Å². The van der Waals surface area contributed by atoms with Crippen molar-refractivity contribution in [3.05, 3.63) is 27.2 Å². The van der Waals surface area contributed by atoms with Gasteiger partial charge in [0.25, 0.3) is 0 Å². The lowest BCUT2D eigenvalue weighted by Gasteiger charge is -2.32. The van der Waals surface area contributed by atoms with Crippen molar-refractivity contribution >= 4 is 27.5 Å².